The predicted octanol–water partition coefficient (Wildman–Crippen LogP) is 7.61. The van der Waals surface area contributed by atoms with Crippen molar-refractivity contribution in [1.29, 1.82) is 0 Å². The summed E-state index contributed by atoms with van der Waals surface area (Å²) in [7, 11) is 0. The van der Waals surface area contributed by atoms with Crippen LogP contribution in [0.15, 0.2) is 102 Å². The van der Waals surface area contributed by atoms with Crippen molar-refractivity contribution in [2.75, 3.05) is 0 Å². The maximum Gasteiger partial charge on any atom is 0.120 e. The van der Waals surface area contributed by atoms with Crippen molar-refractivity contribution in [1.82, 2.24) is 9.97 Å². The smallest absolute Gasteiger partial charge is 0.120 e. The number of benzene rings is 3. The minimum Gasteiger partial charge on any atom is -0.501 e. The molecule has 0 saturated heterocycles. The van der Waals surface area contributed by atoms with Crippen LogP contribution in [0.25, 0.3) is 44.5 Å². The molecular weight excluding hydrogens is 597 g/mol. The van der Waals surface area contributed by atoms with Crippen molar-refractivity contribution >= 4 is 21.9 Å². The van der Waals surface area contributed by atoms with E-state index in [4.69, 9.17) is 18.1 Å². The van der Waals surface area contributed by atoms with Gasteiger partial charge < -0.3 is 14.4 Å². The molecule has 0 amide bonds. The first-order valence-corrected chi connectivity index (χ1v) is 10.0. The molecule has 0 fully saturated rings. The largest absolute Gasteiger partial charge is 0.501 e. The van der Waals surface area contributed by atoms with E-state index in [1.807, 2.05) is 30.3 Å². The van der Waals surface area contributed by atoms with Gasteiger partial charge >= 0.3 is 0 Å². The Morgan fingerprint density at radius 2 is 1.74 bits per heavy atom. The molecule has 0 unspecified atom stereocenters. The van der Waals surface area contributed by atoms with Crippen LogP contribution >= 0.6 is 0 Å². The predicted molar refractivity (Wildman–Crippen MR) is 134 cm³/mol. The summed E-state index contributed by atoms with van der Waals surface area (Å²) in [6.07, 6.45) is 0.968. The number of nitrogens with zero attached hydrogens (tertiary/aromatic N) is 2. The fourth-order valence-corrected chi connectivity index (χ4v) is 3.35. The molecule has 0 bridgehead atoms. The number of para-hydroxylation sites is 1. The topological polar surface area (TPSA) is 38.9 Å². The van der Waals surface area contributed by atoms with Gasteiger partial charge in [0.15, 0.2) is 0 Å². The van der Waals surface area contributed by atoms with Crippen molar-refractivity contribution in [3.63, 3.8) is 0 Å². The van der Waals surface area contributed by atoms with Crippen molar-refractivity contribution in [2.45, 2.75) is 13.7 Å². The molecule has 3 aromatic heterocycles. The summed E-state index contributed by atoms with van der Waals surface area (Å²) in [6.45, 7) is -4.34. The van der Waals surface area contributed by atoms with Crippen LogP contribution in [0, 0.1) is 25.8 Å². The maximum atomic E-state index is 8.07. The quantitative estimate of drug-likeness (QED) is 0.185. The van der Waals surface area contributed by atoms with E-state index < -0.39 is 13.7 Å². The number of hydrogen-bond donors (Lipinski definition) is 0. The molecule has 6 aromatic rings. The molecule has 3 nitrogen and oxygen atoms in total. The van der Waals surface area contributed by atoms with Crippen LogP contribution in [0.1, 0.15) is 24.8 Å². The third-order valence-electron chi connectivity index (χ3n) is 4.89. The molecule has 0 atom stereocenters. The standard InChI is InChI=1S/C17H10NO.C13H12N.Ir/c1-2-10-16-12(6-1)13-7-5-8-14(17(13)19-16)15-9-3-4-11-18-15;1-10-3-6-12(7-4-10)13-8-5-11(2)9-14-13;/h1-7,9-11H;3-6,8-9H,1-2H3;/q2*-1;/i3D,4D,9D,11D;1D3,2D3;. The molecule has 3 heterocycles. The van der Waals surface area contributed by atoms with Crippen molar-refractivity contribution in [2.24, 2.45) is 0 Å². The maximum absolute atomic E-state index is 8.07. The number of pyridine rings is 2. The van der Waals surface area contributed by atoms with E-state index in [9.17, 15) is 0 Å². The molecule has 3 aromatic carbocycles. The summed E-state index contributed by atoms with van der Waals surface area (Å²) in [5.74, 6) is 0. The van der Waals surface area contributed by atoms with Gasteiger partial charge in [0.2, 0.25) is 0 Å². The van der Waals surface area contributed by atoms with Gasteiger partial charge in [-0.25, -0.2) is 0 Å². The Bertz CT molecular complexity index is 1880. The van der Waals surface area contributed by atoms with E-state index in [1.54, 1.807) is 18.2 Å². The molecule has 0 saturated carbocycles. The first-order valence-electron chi connectivity index (χ1n) is 15.0. The van der Waals surface area contributed by atoms with Crippen LogP contribution < -0.4 is 0 Å². The normalized spacial score (nSPS) is 15.4. The number of rotatable bonds is 2. The van der Waals surface area contributed by atoms with E-state index in [0.29, 0.717) is 28.0 Å². The summed E-state index contributed by atoms with van der Waals surface area (Å²) >= 11 is 0. The Hall–Kier alpha value is -3.59. The first kappa shape index (κ1) is 14.0. The van der Waals surface area contributed by atoms with Crippen molar-refractivity contribution in [3.05, 3.63) is 120 Å². The van der Waals surface area contributed by atoms with Crippen LogP contribution in [0.4, 0.5) is 0 Å². The number of furan rings is 1. The molecule has 0 aliphatic rings. The summed E-state index contributed by atoms with van der Waals surface area (Å²) in [4.78, 5) is 8.08. The van der Waals surface area contributed by atoms with Gasteiger partial charge in [0.1, 0.15) is 5.58 Å². The van der Waals surface area contributed by atoms with E-state index in [2.05, 4.69) is 22.1 Å². The van der Waals surface area contributed by atoms with Crippen LogP contribution in [0.2, 0.25) is 0 Å². The molecule has 4 heteroatoms. The molecule has 0 aliphatic heterocycles. The van der Waals surface area contributed by atoms with Gasteiger partial charge in [-0.1, -0.05) is 60.2 Å². The molecular formula is C30H22IrN2O-2. The minimum atomic E-state index is -2.18. The molecule has 1 radical (unpaired) electrons. The number of aromatic nitrogens is 2. The number of fused-ring (bicyclic) bond motifs is 3. The van der Waals surface area contributed by atoms with Crippen LogP contribution in [-0.2, 0) is 20.1 Å². The van der Waals surface area contributed by atoms with E-state index in [1.165, 1.54) is 24.4 Å². The van der Waals surface area contributed by atoms with Gasteiger partial charge in [0, 0.05) is 46.1 Å². The second-order valence-electron chi connectivity index (χ2n) is 7.06. The summed E-state index contributed by atoms with van der Waals surface area (Å²) in [5, 5.41) is 1.81. The van der Waals surface area contributed by atoms with Gasteiger partial charge in [0.05, 0.1) is 11.1 Å². The molecule has 0 N–H and O–H groups in total. The molecule has 0 spiro atoms. The third-order valence-corrected chi connectivity index (χ3v) is 4.89. The Balaban J connectivity index is 0.000000199. The molecule has 34 heavy (non-hydrogen) atoms. The summed E-state index contributed by atoms with van der Waals surface area (Å²) < 4.78 is 80.7. The van der Waals surface area contributed by atoms with Gasteiger partial charge in [0.25, 0.3) is 0 Å². The van der Waals surface area contributed by atoms with E-state index >= 15 is 0 Å². The zero-order chi connectivity index (χ0) is 31.1. The average Bonchev–Trinajstić information content (AvgIpc) is 3.37. The fraction of sp³-hybridized carbons (Fsp3) is 0.0667. The minimum absolute atomic E-state index is 0. The van der Waals surface area contributed by atoms with Gasteiger partial charge in [-0.3, -0.25) is 0 Å². The third kappa shape index (κ3) is 4.99. The van der Waals surface area contributed by atoms with Crippen molar-refractivity contribution in [3.8, 4) is 22.5 Å². The van der Waals surface area contributed by atoms with Crippen LogP contribution in [-0.4, -0.2) is 9.97 Å². The average molecular weight is 629 g/mol. The summed E-state index contributed by atoms with van der Waals surface area (Å²) in [5.41, 5.74) is 3.35. The van der Waals surface area contributed by atoms with E-state index in [-0.39, 0.29) is 61.2 Å². The van der Waals surface area contributed by atoms with Gasteiger partial charge in [-0.05, 0) is 35.9 Å². The Morgan fingerprint density at radius 1 is 0.853 bits per heavy atom. The van der Waals surface area contributed by atoms with E-state index in [0.717, 1.165) is 10.8 Å². The second kappa shape index (κ2) is 10.6. The van der Waals surface area contributed by atoms with Crippen LogP contribution in [0.5, 0.6) is 0 Å². The van der Waals surface area contributed by atoms with Crippen molar-refractivity contribution < 1.29 is 38.2 Å². The monoisotopic (exact) mass is 629 g/mol. The zero-order valence-electron chi connectivity index (χ0n) is 27.6. The number of hydrogen-bond acceptors (Lipinski definition) is 3. The fourth-order valence-electron chi connectivity index (χ4n) is 3.35. The Labute approximate surface area is 226 Å². The Morgan fingerprint density at radius 3 is 2.53 bits per heavy atom. The molecule has 169 valence electrons. The zero-order valence-corrected chi connectivity index (χ0v) is 20.0. The molecule has 6 rings (SSSR count). The summed E-state index contributed by atoms with van der Waals surface area (Å²) in [6, 6.07) is 23.7. The SMILES string of the molecule is [2H]C([2H])([2H])c1c[c-]c(-c2ccc(C([2H])([2H])[2H])cn2)cc1.[2H]c1nc(-c2[c-]ccc3c2oc2ccccc23)c([2H])c([2H])c1[2H].[Ir]. The first-order chi connectivity index (χ1) is 20.3. The second-order valence-corrected chi connectivity index (χ2v) is 7.06. The van der Waals surface area contributed by atoms with Gasteiger partial charge in [-0.2, -0.15) is 0 Å². The Kier molecular flexibility index (Phi) is 4.34. The number of aryl methyl sites for hydroxylation is 2. The van der Waals surface area contributed by atoms with Crippen LogP contribution in [0.3, 0.4) is 0 Å². The molecule has 0 aliphatic carbocycles. The van der Waals surface area contributed by atoms with Gasteiger partial charge in [-0.15, -0.1) is 53.6 Å².